The van der Waals surface area contributed by atoms with Crippen molar-refractivity contribution in [1.29, 1.82) is 0 Å². The Labute approximate surface area is 129 Å². The van der Waals surface area contributed by atoms with Crippen LogP contribution in [0.5, 0.6) is 0 Å². The number of anilines is 1. The average molecular weight is 304 g/mol. The molecule has 2 N–H and O–H groups in total. The Kier molecular flexibility index (Phi) is 4.80. The molecule has 0 aliphatic carbocycles. The van der Waals surface area contributed by atoms with E-state index in [4.69, 9.17) is 5.11 Å². The lowest BCUT2D eigenvalue weighted by Crippen LogP contribution is -2.44. The number of carbonyl (C=O) groups is 3. The van der Waals surface area contributed by atoms with E-state index in [1.807, 2.05) is 0 Å². The van der Waals surface area contributed by atoms with Crippen LogP contribution in [-0.4, -0.2) is 35.5 Å². The fraction of sp³-hybridized carbons (Fsp3) is 0.438. The quantitative estimate of drug-likeness (QED) is 0.866. The zero-order valence-corrected chi connectivity index (χ0v) is 12.7. The molecule has 0 spiro atoms. The molecule has 0 saturated carbocycles. The molecule has 1 aromatic carbocycles. The van der Waals surface area contributed by atoms with Gasteiger partial charge >= 0.3 is 5.97 Å². The maximum atomic E-state index is 12.1. The third-order valence-corrected chi connectivity index (χ3v) is 3.73. The Bertz CT molecular complexity index is 580. The molecule has 6 heteroatoms. The SMILES string of the molecule is CC(C)[C@H](NC(=O)c1ccc(N2CCCC2=O)cc1)C(=O)O. The van der Waals surface area contributed by atoms with Gasteiger partial charge in [-0.15, -0.1) is 0 Å². The van der Waals surface area contributed by atoms with Gasteiger partial charge in [-0.25, -0.2) is 4.79 Å². The second-order valence-electron chi connectivity index (χ2n) is 5.73. The second kappa shape index (κ2) is 6.60. The molecule has 1 saturated heterocycles. The molecule has 0 unspecified atom stereocenters. The standard InChI is InChI=1S/C16H20N2O4/c1-10(2)14(16(21)22)17-15(20)11-5-7-12(8-6-11)18-9-3-4-13(18)19/h5-8,10,14H,3-4,9H2,1-2H3,(H,17,20)(H,21,22)/t14-/m0/s1. The highest BCUT2D eigenvalue weighted by atomic mass is 16.4. The van der Waals surface area contributed by atoms with Crippen molar-refractivity contribution in [3.63, 3.8) is 0 Å². The van der Waals surface area contributed by atoms with E-state index in [0.29, 0.717) is 18.5 Å². The molecular weight excluding hydrogens is 284 g/mol. The molecule has 2 rings (SSSR count). The van der Waals surface area contributed by atoms with Crippen molar-refractivity contribution >= 4 is 23.5 Å². The number of benzene rings is 1. The van der Waals surface area contributed by atoms with E-state index in [0.717, 1.165) is 12.1 Å². The van der Waals surface area contributed by atoms with Gasteiger partial charge in [0.05, 0.1) is 0 Å². The molecule has 2 amide bonds. The predicted molar refractivity (Wildman–Crippen MR) is 81.8 cm³/mol. The van der Waals surface area contributed by atoms with E-state index in [9.17, 15) is 14.4 Å². The summed E-state index contributed by atoms with van der Waals surface area (Å²) in [6.45, 7) is 4.17. The smallest absolute Gasteiger partial charge is 0.326 e. The summed E-state index contributed by atoms with van der Waals surface area (Å²) in [5, 5.41) is 11.6. The Morgan fingerprint density at radius 1 is 1.23 bits per heavy atom. The summed E-state index contributed by atoms with van der Waals surface area (Å²) in [4.78, 5) is 36.6. The number of carbonyl (C=O) groups excluding carboxylic acids is 2. The molecule has 22 heavy (non-hydrogen) atoms. The number of carboxylic acids is 1. The van der Waals surface area contributed by atoms with Crippen LogP contribution < -0.4 is 10.2 Å². The highest BCUT2D eigenvalue weighted by molar-refractivity contribution is 5.98. The van der Waals surface area contributed by atoms with Crippen LogP contribution in [0, 0.1) is 5.92 Å². The van der Waals surface area contributed by atoms with Gasteiger partial charge in [-0.1, -0.05) is 13.8 Å². The topological polar surface area (TPSA) is 86.7 Å². The monoisotopic (exact) mass is 304 g/mol. The van der Waals surface area contributed by atoms with E-state index in [1.54, 1.807) is 43.0 Å². The fourth-order valence-corrected chi connectivity index (χ4v) is 2.45. The molecule has 1 heterocycles. The molecular formula is C16H20N2O4. The Morgan fingerprint density at radius 2 is 1.86 bits per heavy atom. The number of hydrogen-bond donors (Lipinski definition) is 2. The first-order valence-corrected chi connectivity index (χ1v) is 7.34. The van der Waals surface area contributed by atoms with Crippen molar-refractivity contribution in [2.24, 2.45) is 5.92 Å². The molecule has 118 valence electrons. The van der Waals surface area contributed by atoms with Crippen molar-refractivity contribution in [1.82, 2.24) is 5.32 Å². The first kappa shape index (κ1) is 16.0. The van der Waals surface area contributed by atoms with E-state index in [2.05, 4.69) is 5.32 Å². The Balaban J connectivity index is 2.08. The highest BCUT2D eigenvalue weighted by Crippen LogP contribution is 2.21. The summed E-state index contributed by atoms with van der Waals surface area (Å²) in [6, 6.07) is 5.71. The Hall–Kier alpha value is -2.37. The van der Waals surface area contributed by atoms with Gasteiger partial charge in [0.1, 0.15) is 6.04 Å². The van der Waals surface area contributed by atoms with Crippen LogP contribution in [0.1, 0.15) is 37.0 Å². The second-order valence-corrected chi connectivity index (χ2v) is 5.73. The van der Waals surface area contributed by atoms with Gasteiger partial charge in [0.15, 0.2) is 0 Å². The van der Waals surface area contributed by atoms with Crippen LogP contribution in [-0.2, 0) is 9.59 Å². The first-order valence-electron chi connectivity index (χ1n) is 7.34. The number of rotatable bonds is 5. The fourth-order valence-electron chi connectivity index (χ4n) is 2.45. The number of nitrogens with zero attached hydrogens (tertiary/aromatic N) is 1. The number of hydrogen-bond acceptors (Lipinski definition) is 3. The van der Waals surface area contributed by atoms with Crippen molar-refractivity contribution in [3.8, 4) is 0 Å². The summed E-state index contributed by atoms with van der Waals surface area (Å²) in [5.74, 6) is -1.60. The lowest BCUT2D eigenvalue weighted by atomic mass is 10.0. The van der Waals surface area contributed by atoms with Gasteiger partial charge in [-0.05, 0) is 36.6 Å². The maximum Gasteiger partial charge on any atom is 0.326 e. The minimum Gasteiger partial charge on any atom is -0.480 e. The maximum absolute atomic E-state index is 12.1. The number of aliphatic carboxylic acids is 1. The first-order chi connectivity index (χ1) is 10.4. The van der Waals surface area contributed by atoms with Gasteiger partial charge in [0.25, 0.3) is 5.91 Å². The lowest BCUT2D eigenvalue weighted by molar-refractivity contribution is -0.140. The summed E-state index contributed by atoms with van der Waals surface area (Å²) >= 11 is 0. The van der Waals surface area contributed by atoms with Crippen molar-refractivity contribution < 1.29 is 19.5 Å². The zero-order valence-electron chi connectivity index (χ0n) is 12.7. The minimum atomic E-state index is -1.05. The molecule has 1 aromatic rings. The molecule has 1 fully saturated rings. The lowest BCUT2D eigenvalue weighted by Gasteiger charge is -2.19. The predicted octanol–water partition coefficient (Wildman–Crippen LogP) is 1.65. The van der Waals surface area contributed by atoms with Crippen LogP contribution in [0.4, 0.5) is 5.69 Å². The van der Waals surface area contributed by atoms with Gasteiger partial charge < -0.3 is 15.3 Å². The molecule has 1 aliphatic heterocycles. The van der Waals surface area contributed by atoms with Gasteiger partial charge in [0, 0.05) is 24.2 Å². The largest absolute Gasteiger partial charge is 0.480 e. The van der Waals surface area contributed by atoms with E-state index in [-0.39, 0.29) is 11.8 Å². The normalized spacial score (nSPS) is 16.0. The van der Waals surface area contributed by atoms with Gasteiger partial charge in [-0.2, -0.15) is 0 Å². The average Bonchev–Trinajstić information content (AvgIpc) is 2.90. The number of nitrogens with one attached hydrogen (secondary N) is 1. The Morgan fingerprint density at radius 3 is 2.32 bits per heavy atom. The summed E-state index contributed by atoms with van der Waals surface area (Å²) in [5.41, 5.74) is 1.14. The van der Waals surface area contributed by atoms with Crippen LogP contribution >= 0.6 is 0 Å². The molecule has 0 aromatic heterocycles. The van der Waals surface area contributed by atoms with Crippen LogP contribution in [0.3, 0.4) is 0 Å². The third kappa shape index (κ3) is 3.44. The van der Waals surface area contributed by atoms with Crippen LogP contribution in [0.2, 0.25) is 0 Å². The number of amides is 2. The van der Waals surface area contributed by atoms with E-state index >= 15 is 0 Å². The molecule has 0 radical (unpaired) electrons. The number of carboxylic acid groups (broad SMARTS) is 1. The van der Waals surface area contributed by atoms with Gasteiger partial charge in [-0.3, -0.25) is 9.59 Å². The molecule has 1 atom stereocenters. The molecule has 1 aliphatic rings. The van der Waals surface area contributed by atoms with E-state index in [1.165, 1.54) is 0 Å². The minimum absolute atomic E-state index is 0.0861. The van der Waals surface area contributed by atoms with Crippen molar-refractivity contribution in [2.45, 2.75) is 32.7 Å². The summed E-state index contributed by atoms with van der Waals surface area (Å²) < 4.78 is 0. The van der Waals surface area contributed by atoms with Gasteiger partial charge in [0.2, 0.25) is 5.91 Å². The summed E-state index contributed by atoms with van der Waals surface area (Å²) in [7, 11) is 0. The zero-order chi connectivity index (χ0) is 16.3. The van der Waals surface area contributed by atoms with Crippen LogP contribution in [0.25, 0.3) is 0 Å². The summed E-state index contributed by atoms with van der Waals surface area (Å²) in [6.07, 6.45) is 1.40. The molecule has 6 nitrogen and oxygen atoms in total. The third-order valence-electron chi connectivity index (χ3n) is 3.73. The van der Waals surface area contributed by atoms with Crippen molar-refractivity contribution in [3.05, 3.63) is 29.8 Å². The highest BCUT2D eigenvalue weighted by Gasteiger charge is 2.25. The van der Waals surface area contributed by atoms with Crippen molar-refractivity contribution in [2.75, 3.05) is 11.4 Å². The molecule has 0 bridgehead atoms. The van der Waals surface area contributed by atoms with Crippen LogP contribution in [0.15, 0.2) is 24.3 Å². The van der Waals surface area contributed by atoms with E-state index < -0.39 is 17.9 Å².